The smallest absolute Gasteiger partial charge is 0.115 e. The fourth-order valence-electron chi connectivity index (χ4n) is 1.67. The zero-order valence-corrected chi connectivity index (χ0v) is 10.4. The van der Waals surface area contributed by atoms with Gasteiger partial charge < -0.3 is 21.9 Å². The standard InChI is InChI=1S/C8H21N3OSi/c9-8(10,11)5-4-7(13)3-1-2-6-12-7/h1-6,9-11H2,13H3. The first kappa shape index (κ1) is 11.1. The molecule has 0 spiro atoms. The first-order valence-corrected chi connectivity index (χ1v) is 5.92. The van der Waals surface area contributed by atoms with Crippen molar-refractivity contribution in [3.8, 4) is 0 Å². The fraction of sp³-hybridized carbons (Fsp3) is 1.00. The molecule has 0 radical (unpaired) electrons. The third kappa shape index (κ3) is 4.19. The first-order chi connectivity index (χ1) is 5.91. The van der Waals surface area contributed by atoms with Crippen molar-refractivity contribution in [2.45, 2.75) is 43.1 Å². The van der Waals surface area contributed by atoms with Gasteiger partial charge in [0.05, 0.1) is 0 Å². The van der Waals surface area contributed by atoms with Gasteiger partial charge in [0, 0.05) is 22.1 Å². The second kappa shape index (κ2) is 4.06. The third-order valence-corrected chi connectivity index (χ3v) is 3.93. The van der Waals surface area contributed by atoms with Gasteiger partial charge in [-0.3, -0.25) is 0 Å². The number of hydrogen-bond acceptors (Lipinski definition) is 4. The zero-order valence-electron chi connectivity index (χ0n) is 8.38. The molecule has 4 nitrogen and oxygen atoms in total. The van der Waals surface area contributed by atoms with Crippen LogP contribution in [-0.2, 0) is 4.74 Å². The lowest BCUT2D eigenvalue weighted by Gasteiger charge is -2.35. The Morgan fingerprint density at radius 2 is 2.00 bits per heavy atom. The molecule has 1 aliphatic heterocycles. The molecule has 0 aromatic carbocycles. The molecule has 5 heteroatoms. The van der Waals surface area contributed by atoms with E-state index in [2.05, 4.69) is 0 Å². The minimum absolute atomic E-state index is 0.0849. The Bertz CT molecular complexity index is 163. The largest absolute Gasteiger partial charge is 0.380 e. The highest BCUT2D eigenvalue weighted by atomic mass is 28.1. The predicted octanol–water partition coefficient (Wildman–Crippen LogP) is -1.44. The minimum Gasteiger partial charge on any atom is -0.380 e. The van der Waals surface area contributed by atoms with Crippen LogP contribution in [0.4, 0.5) is 0 Å². The molecular formula is C8H21N3OSi. The van der Waals surface area contributed by atoms with E-state index in [1.54, 1.807) is 0 Å². The predicted molar refractivity (Wildman–Crippen MR) is 57.0 cm³/mol. The summed E-state index contributed by atoms with van der Waals surface area (Å²) in [7, 11) is 1.03. The highest BCUT2D eigenvalue weighted by Crippen LogP contribution is 2.26. The minimum atomic E-state index is -1.03. The van der Waals surface area contributed by atoms with Gasteiger partial charge in [0.25, 0.3) is 0 Å². The molecule has 0 amide bonds. The molecular weight excluding hydrogens is 182 g/mol. The second-order valence-corrected chi connectivity index (χ2v) is 6.19. The van der Waals surface area contributed by atoms with Crippen LogP contribution in [0.1, 0.15) is 32.1 Å². The lowest BCUT2D eigenvalue weighted by Crippen LogP contribution is -2.59. The number of nitrogens with two attached hydrogens (primary N) is 3. The summed E-state index contributed by atoms with van der Waals surface area (Å²) in [5, 5.41) is 0.0849. The molecule has 0 aromatic heterocycles. The highest BCUT2D eigenvalue weighted by Gasteiger charge is 2.29. The van der Waals surface area contributed by atoms with Crippen LogP contribution in [0.25, 0.3) is 0 Å². The molecule has 1 saturated heterocycles. The summed E-state index contributed by atoms with van der Waals surface area (Å²) < 4.78 is 5.76. The van der Waals surface area contributed by atoms with Gasteiger partial charge in [0.15, 0.2) is 0 Å². The number of ether oxygens (including phenoxy) is 1. The van der Waals surface area contributed by atoms with Crippen LogP contribution in [0.15, 0.2) is 0 Å². The van der Waals surface area contributed by atoms with Crippen LogP contribution >= 0.6 is 0 Å². The summed E-state index contributed by atoms with van der Waals surface area (Å²) in [6, 6.07) is 0. The van der Waals surface area contributed by atoms with Crippen molar-refractivity contribution in [2.24, 2.45) is 17.2 Å². The maximum atomic E-state index is 5.76. The van der Waals surface area contributed by atoms with E-state index in [0.717, 1.165) is 29.7 Å². The first-order valence-electron chi connectivity index (χ1n) is 4.92. The molecule has 1 heterocycles. The van der Waals surface area contributed by atoms with Crippen LogP contribution in [0, 0.1) is 0 Å². The molecule has 0 bridgehead atoms. The Hall–Kier alpha value is 0.0569. The molecule has 1 fully saturated rings. The van der Waals surface area contributed by atoms with Crippen LogP contribution < -0.4 is 17.2 Å². The summed E-state index contributed by atoms with van der Waals surface area (Å²) in [6.07, 6.45) is 5.13. The molecule has 78 valence electrons. The normalized spacial score (nSPS) is 30.7. The van der Waals surface area contributed by atoms with Crippen molar-refractivity contribution >= 4 is 10.2 Å². The van der Waals surface area contributed by atoms with Gasteiger partial charge in [-0.15, -0.1) is 0 Å². The Kier molecular flexibility index (Phi) is 3.48. The Morgan fingerprint density at radius 1 is 1.31 bits per heavy atom. The van der Waals surface area contributed by atoms with Gasteiger partial charge in [-0.05, 0) is 32.1 Å². The van der Waals surface area contributed by atoms with Gasteiger partial charge in [0.1, 0.15) is 5.79 Å². The Labute approximate surface area is 82.6 Å². The van der Waals surface area contributed by atoms with Gasteiger partial charge in [-0.2, -0.15) is 0 Å². The summed E-state index contributed by atoms with van der Waals surface area (Å²) in [5.41, 5.74) is 16.6. The molecule has 0 aromatic rings. The maximum absolute atomic E-state index is 5.76. The van der Waals surface area contributed by atoms with E-state index in [1.165, 1.54) is 12.8 Å². The van der Waals surface area contributed by atoms with Gasteiger partial charge >= 0.3 is 0 Å². The van der Waals surface area contributed by atoms with Crippen molar-refractivity contribution in [3.63, 3.8) is 0 Å². The second-order valence-electron chi connectivity index (χ2n) is 4.37. The van der Waals surface area contributed by atoms with E-state index in [1.807, 2.05) is 0 Å². The topological polar surface area (TPSA) is 87.3 Å². The third-order valence-electron chi connectivity index (χ3n) is 2.64. The molecule has 1 rings (SSSR count). The summed E-state index contributed by atoms with van der Waals surface area (Å²) in [4.78, 5) is 0. The lowest BCUT2D eigenvalue weighted by molar-refractivity contribution is -0.0267. The average molecular weight is 203 g/mol. The van der Waals surface area contributed by atoms with E-state index < -0.39 is 5.79 Å². The molecule has 1 unspecified atom stereocenters. The van der Waals surface area contributed by atoms with E-state index in [0.29, 0.717) is 6.42 Å². The van der Waals surface area contributed by atoms with E-state index in [4.69, 9.17) is 21.9 Å². The van der Waals surface area contributed by atoms with Crippen molar-refractivity contribution in [2.75, 3.05) is 6.61 Å². The molecule has 13 heavy (non-hydrogen) atoms. The van der Waals surface area contributed by atoms with E-state index in [9.17, 15) is 0 Å². The van der Waals surface area contributed by atoms with Crippen LogP contribution in [0.3, 0.4) is 0 Å². The van der Waals surface area contributed by atoms with E-state index >= 15 is 0 Å². The zero-order chi connectivity index (χ0) is 9.95. The fourth-order valence-corrected chi connectivity index (χ4v) is 2.48. The van der Waals surface area contributed by atoms with Crippen molar-refractivity contribution < 1.29 is 4.74 Å². The average Bonchev–Trinajstić information content (AvgIpc) is 2.02. The summed E-state index contributed by atoms with van der Waals surface area (Å²) >= 11 is 0. The summed E-state index contributed by atoms with van der Waals surface area (Å²) in [6.45, 7) is 0.885. The summed E-state index contributed by atoms with van der Waals surface area (Å²) in [5.74, 6) is -1.03. The van der Waals surface area contributed by atoms with Crippen LogP contribution in [0.5, 0.6) is 0 Å². The molecule has 1 atom stereocenters. The molecule has 0 aliphatic carbocycles. The SMILES string of the molecule is NC(N)(N)CCC1([SiH3])CCCCO1. The Balaban J connectivity index is 2.33. The van der Waals surface area contributed by atoms with Crippen molar-refractivity contribution in [1.82, 2.24) is 0 Å². The highest BCUT2D eigenvalue weighted by molar-refractivity contribution is 6.14. The quantitative estimate of drug-likeness (QED) is 0.387. The van der Waals surface area contributed by atoms with Gasteiger partial charge in [0.2, 0.25) is 0 Å². The lowest BCUT2D eigenvalue weighted by atomic mass is 10.0. The molecule has 0 saturated carbocycles. The van der Waals surface area contributed by atoms with Crippen LogP contribution in [0.2, 0.25) is 0 Å². The molecule has 6 N–H and O–H groups in total. The van der Waals surface area contributed by atoms with Crippen LogP contribution in [-0.4, -0.2) is 27.9 Å². The molecule has 1 aliphatic rings. The van der Waals surface area contributed by atoms with Crippen molar-refractivity contribution in [3.05, 3.63) is 0 Å². The number of hydrogen-bond donors (Lipinski definition) is 3. The van der Waals surface area contributed by atoms with E-state index in [-0.39, 0.29) is 5.22 Å². The maximum Gasteiger partial charge on any atom is 0.115 e. The number of rotatable bonds is 3. The van der Waals surface area contributed by atoms with Gasteiger partial charge in [-0.25, -0.2) is 0 Å². The Morgan fingerprint density at radius 3 is 2.46 bits per heavy atom. The van der Waals surface area contributed by atoms with Gasteiger partial charge in [-0.1, -0.05) is 0 Å². The monoisotopic (exact) mass is 203 g/mol. The van der Waals surface area contributed by atoms with Crippen molar-refractivity contribution in [1.29, 1.82) is 0 Å².